The summed E-state index contributed by atoms with van der Waals surface area (Å²) in [5.74, 6) is 1.02. The van der Waals surface area contributed by atoms with Crippen molar-refractivity contribution in [3.63, 3.8) is 0 Å². The molecular weight excluding hydrogens is 258 g/mol. The van der Waals surface area contributed by atoms with Crippen LogP contribution in [0, 0.1) is 12.8 Å². The Morgan fingerprint density at radius 3 is 2.60 bits per heavy atom. The first-order valence-electron chi connectivity index (χ1n) is 6.65. The van der Waals surface area contributed by atoms with E-state index in [1.165, 1.54) is 0 Å². The molecule has 1 rings (SSSR count). The molecule has 2 N–H and O–H groups in total. The van der Waals surface area contributed by atoms with Gasteiger partial charge in [0.05, 0.1) is 19.8 Å². The molecular formula is C15H23NO4. The number of hydrogen-bond donors (Lipinski definition) is 2. The van der Waals surface area contributed by atoms with Crippen molar-refractivity contribution in [2.75, 3.05) is 20.3 Å². The van der Waals surface area contributed by atoms with E-state index < -0.39 is 0 Å². The largest absolute Gasteiger partial charge is 0.493 e. The second kappa shape index (κ2) is 7.75. The fourth-order valence-electron chi connectivity index (χ4n) is 1.71. The smallest absolute Gasteiger partial charge is 0.258 e. The molecule has 0 saturated heterocycles. The van der Waals surface area contributed by atoms with Gasteiger partial charge in [0.25, 0.3) is 5.91 Å². The van der Waals surface area contributed by atoms with Crippen molar-refractivity contribution in [3.05, 3.63) is 23.8 Å². The number of carbonyl (C=O) groups excluding carboxylic acids is 1. The van der Waals surface area contributed by atoms with Gasteiger partial charge < -0.3 is 19.9 Å². The number of aliphatic hydroxyl groups excluding tert-OH is 1. The molecule has 0 aliphatic rings. The summed E-state index contributed by atoms with van der Waals surface area (Å²) in [5, 5.41) is 11.9. The van der Waals surface area contributed by atoms with Gasteiger partial charge in [0, 0.05) is 0 Å². The van der Waals surface area contributed by atoms with Gasteiger partial charge in [0.1, 0.15) is 0 Å². The Bertz CT molecular complexity index is 445. The molecule has 5 heteroatoms. The van der Waals surface area contributed by atoms with E-state index in [9.17, 15) is 4.79 Å². The number of aryl methyl sites for hydroxylation is 1. The summed E-state index contributed by atoms with van der Waals surface area (Å²) in [4.78, 5) is 11.8. The van der Waals surface area contributed by atoms with Crippen molar-refractivity contribution in [3.8, 4) is 11.5 Å². The van der Waals surface area contributed by atoms with Gasteiger partial charge in [-0.15, -0.1) is 0 Å². The van der Waals surface area contributed by atoms with Crippen LogP contribution in [0.25, 0.3) is 0 Å². The Hall–Kier alpha value is -1.75. The quantitative estimate of drug-likeness (QED) is 0.795. The van der Waals surface area contributed by atoms with Gasteiger partial charge in [-0.2, -0.15) is 0 Å². The topological polar surface area (TPSA) is 67.8 Å². The molecule has 0 bridgehead atoms. The highest BCUT2D eigenvalue weighted by Gasteiger charge is 2.15. The summed E-state index contributed by atoms with van der Waals surface area (Å²) in [7, 11) is 1.56. The number of rotatable bonds is 7. The molecule has 1 aromatic rings. The van der Waals surface area contributed by atoms with Crippen LogP contribution in [0.15, 0.2) is 18.2 Å². The summed E-state index contributed by atoms with van der Waals surface area (Å²) in [6.07, 6.45) is 0. The minimum absolute atomic E-state index is 0.0861. The van der Waals surface area contributed by atoms with Crippen LogP contribution in [0.2, 0.25) is 0 Å². The van der Waals surface area contributed by atoms with E-state index in [1.807, 2.05) is 32.9 Å². The molecule has 0 heterocycles. The number of carbonyl (C=O) groups is 1. The minimum atomic E-state index is -0.264. The van der Waals surface area contributed by atoms with Crippen LogP contribution in [-0.4, -0.2) is 37.4 Å². The maximum absolute atomic E-state index is 11.8. The fourth-order valence-corrected chi connectivity index (χ4v) is 1.71. The Balaban J connectivity index is 2.57. The Kier molecular flexibility index (Phi) is 6.31. The molecule has 0 radical (unpaired) electrons. The average molecular weight is 281 g/mol. The zero-order valence-electron chi connectivity index (χ0n) is 12.5. The number of amides is 1. The lowest BCUT2D eigenvalue weighted by molar-refractivity contribution is -0.124. The van der Waals surface area contributed by atoms with E-state index in [0.29, 0.717) is 11.5 Å². The number of nitrogens with one attached hydrogen (secondary N) is 1. The molecule has 1 amide bonds. The summed E-state index contributed by atoms with van der Waals surface area (Å²) in [6.45, 7) is 5.63. The van der Waals surface area contributed by atoms with E-state index in [4.69, 9.17) is 14.6 Å². The highest BCUT2D eigenvalue weighted by molar-refractivity contribution is 5.78. The van der Waals surface area contributed by atoms with Gasteiger partial charge in [-0.05, 0) is 30.5 Å². The number of benzene rings is 1. The average Bonchev–Trinajstić information content (AvgIpc) is 2.42. The van der Waals surface area contributed by atoms with Gasteiger partial charge in [-0.25, -0.2) is 0 Å². The van der Waals surface area contributed by atoms with Crippen LogP contribution in [0.5, 0.6) is 11.5 Å². The monoisotopic (exact) mass is 281 g/mol. The third kappa shape index (κ3) is 4.74. The van der Waals surface area contributed by atoms with E-state index in [0.717, 1.165) is 5.56 Å². The van der Waals surface area contributed by atoms with E-state index >= 15 is 0 Å². The zero-order valence-corrected chi connectivity index (χ0v) is 12.5. The first-order valence-corrected chi connectivity index (χ1v) is 6.65. The number of hydrogen-bond acceptors (Lipinski definition) is 4. The van der Waals surface area contributed by atoms with Crippen LogP contribution < -0.4 is 14.8 Å². The first-order chi connectivity index (χ1) is 9.47. The Labute approximate surface area is 119 Å². The van der Waals surface area contributed by atoms with Gasteiger partial charge in [0.2, 0.25) is 0 Å². The lowest BCUT2D eigenvalue weighted by Crippen LogP contribution is -2.43. The second-order valence-electron chi connectivity index (χ2n) is 5.04. The van der Waals surface area contributed by atoms with E-state index in [-0.39, 0.29) is 31.1 Å². The van der Waals surface area contributed by atoms with Crippen molar-refractivity contribution in [1.82, 2.24) is 5.32 Å². The lowest BCUT2D eigenvalue weighted by atomic mass is 10.1. The molecule has 5 nitrogen and oxygen atoms in total. The molecule has 0 fully saturated rings. The summed E-state index contributed by atoms with van der Waals surface area (Å²) < 4.78 is 10.7. The van der Waals surface area contributed by atoms with Crippen LogP contribution in [0.1, 0.15) is 19.4 Å². The Morgan fingerprint density at radius 2 is 2.05 bits per heavy atom. The van der Waals surface area contributed by atoms with Gasteiger partial charge in [-0.1, -0.05) is 19.9 Å². The fraction of sp³-hybridized carbons (Fsp3) is 0.533. The Morgan fingerprint density at radius 1 is 1.35 bits per heavy atom. The normalized spacial score (nSPS) is 12.1. The van der Waals surface area contributed by atoms with Crippen molar-refractivity contribution in [2.24, 2.45) is 5.92 Å². The van der Waals surface area contributed by atoms with Crippen LogP contribution in [0.3, 0.4) is 0 Å². The predicted molar refractivity (Wildman–Crippen MR) is 77.1 cm³/mol. The molecule has 0 aromatic heterocycles. The van der Waals surface area contributed by atoms with Crippen LogP contribution >= 0.6 is 0 Å². The SMILES string of the molecule is COc1cc(C)ccc1OCC(=O)N[C@H](CO)C(C)C. The van der Waals surface area contributed by atoms with Gasteiger partial charge in [0.15, 0.2) is 18.1 Å². The van der Waals surface area contributed by atoms with Gasteiger partial charge in [-0.3, -0.25) is 4.79 Å². The summed E-state index contributed by atoms with van der Waals surface area (Å²) >= 11 is 0. The highest BCUT2D eigenvalue weighted by Crippen LogP contribution is 2.27. The molecule has 0 unspecified atom stereocenters. The molecule has 20 heavy (non-hydrogen) atoms. The van der Waals surface area contributed by atoms with Crippen molar-refractivity contribution in [2.45, 2.75) is 26.8 Å². The first kappa shape index (κ1) is 16.3. The maximum atomic E-state index is 11.8. The molecule has 0 saturated carbocycles. The third-order valence-corrected chi connectivity index (χ3v) is 3.03. The van der Waals surface area contributed by atoms with Crippen molar-refractivity contribution >= 4 is 5.91 Å². The minimum Gasteiger partial charge on any atom is -0.493 e. The summed E-state index contributed by atoms with van der Waals surface area (Å²) in [5.41, 5.74) is 1.05. The maximum Gasteiger partial charge on any atom is 0.258 e. The molecule has 0 spiro atoms. The third-order valence-electron chi connectivity index (χ3n) is 3.03. The second-order valence-corrected chi connectivity index (χ2v) is 5.04. The molecule has 1 atom stereocenters. The molecule has 1 aromatic carbocycles. The highest BCUT2D eigenvalue weighted by atomic mass is 16.5. The lowest BCUT2D eigenvalue weighted by Gasteiger charge is -2.20. The van der Waals surface area contributed by atoms with Crippen molar-refractivity contribution < 1.29 is 19.4 Å². The standard InChI is InChI=1S/C15H23NO4/c1-10(2)12(8-17)16-15(18)9-20-13-6-5-11(3)7-14(13)19-4/h5-7,10,12,17H,8-9H2,1-4H3,(H,16,18)/t12-/m1/s1. The van der Waals surface area contributed by atoms with E-state index in [1.54, 1.807) is 13.2 Å². The van der Waals surface area contributed by atoms with E-state index in [2.05, 4.69) is 5.32 Å². The molecule has 112 valence electrons. The zero-order chi connectivity index (χ0) is 15.1. The molecule has 0 aliphatic heterocycles. The van der Waals surface area contributed by atoms with Gasteiger partial charge >= 0.3 is 0 Å². The number of ether oxygens (including phenoxy) is 2. The number of aliphatic hydroxyl groups is 1. The van der Waals surface area contributed by atoms with Crippen molar-refractivity contribution in [1.29, 1.82) is 0 Å². The van der Waals surface area contributed by atoms with Crippen LogP contribution in [-0.2, 0) is 4.79 Å². The van der Waals surface area contributed by atoms with Crippen LogP contribution in [0.4, 0.5) is 0 Å². The summed E-state index contributed by atoms with van der Waals surface area (Å²) in [6, 6.07) is 5.25. The number of methoxy groups -OCH3 is 1. The molecule has 0 aliphatic carbocycles. The predicted octanol–water partition coefficient (Wildman–Crippen LogP) is 1.52.